The molecule has 116 valence electrons. The van der Waals surface area contributed by atoms with Gasteiger partial charge in [0.15, 0.2) is 0 Å². The van der Waals surface area contributed by atoms with Gasteiger partial charge in [-0.2, -0.15) is 5.10 Å². The Kier molecular flexibility index (Phi) is 4.40. The Labute approximate surface area is 133 Å². The molecule has 2 aromatic rings. The van der Waals surface area contributed by atoms with Crippen molar-refractivity contribution < 1.29 is 9.90 Å². The fourth-order valence-electron chi connectivity index (χ4n) is 2.34. The third-order valence-electron chi connectivity index (χ3n) is 3.63. The van der Waals surface area contributed by atoms with Crippen LogP contribution in [-0.4, -0.2) is 31.7 Å². The summed E-state index contributed by atoms with van der Waals surface area (Å²) in [5.74, 6) is 0.0327. The Morgan fingerprint density at radius 1 is 1.55 bits per heavy atom. The highest BCUT2D eigenvalue weighted by Gasteiger charge is 2.31. The normalized spacial score (nSPS) is 14.6. The highest BCUT2D eigenvalue weighted by molar-refractivity contribution is 7.11. The monoisotopic (exact) mass is 317 g/mol. The summed E-state index contributed by atoms with van der Waals surface area (Å²) in [5.41, 5.74) is 1.93. The number of aryl methyl sites for hydroxylation is 1. The lowest BCUT2D eigenvalue weighted by Gasteiger charge is -2.19. The highest BCUT2D eigenvalue weighted by atomic mass is 32.1. The van der Waals surface area contributed by atoms with Crippen molar-refractivity contribution in [2.24, 2.45) is 7.05 Å². The van der Waals surface area contributed by atoms with Crippen LogP contribution in [0.15, 0.2) is 29.9 Å². The molecule has 3 rings (SSSR count). The van der Waals surface area contributed by atoms with E-state index in [1.165, 1.54) is 11.3 Å². The van der Waals surface area contributed by atoms with Crippen molar-refractivity contribution in [3.05, 3.63) is 45.9 Å². The zero-order chi connectivity index (χ0) is 15.5. The number of aliphatic hydroxyl groups is 1. The summed E-state index contributed by atoms with van der Waals surface area (Å²) in [6.07, 6.45) is 9.35. The highest BCUT2D eigenvalue weighted by Crippen LogP contribution is 2.29. The SMILES string of the molecule is Cn1cc(CN(C(=O)/C=C/c2cc(CO)cs2)C2CC2)cn1. The molecule has 1 amide bonds. The van der Waals surface area contributed by atoms with E-state index in [1.807, 2.05) is 35.7 Å². The molecule has 5 nitrogen and oxygen atoms in total. The first-order valence-corrected chi connectivity index (χ1v) is 8.18. The molecule has 0 radical (unpaired) electrons. The van der Waals surface area contributed by atoms with Crippen LogP contribution in [0.4, 0.5) is 0 Å². The fourth-order valence-corrected chi connectivity index (χ4v) is 3.13. The van der Waals surface area contributed by atoms with Gasteiger partial charge >= 0.3 is 0 Å². The van der Waals surface area contributed by atoms with E-state index in [4.69, 9.17) is 5.11 Å². The second-order valence-corrected chi connectivity index (χ2v) is 6.51. The van der Waals surface area contributed by atoms with Gasteiger partial charge in [0, 0.05) is 42.3 Å². The quantitative estimate of drug-likeness (QED) is 0.831. The van der Waals surface area contributed by atoms with Crippen LogP contribution in [-0.2, 0) is 25.0 Å². The molecule has 2 heterocycles. The lowest BCUT2D eigenvalue weighted by molar-refractivity contribution is -0.127. The summed E-state index contributed by atoms with van der Waals surface area (Å²) >= 11 is 1.53. The lowest BCUT2D eigenvalue weighted by Crippen LogP contribution is -2.30. The Morgan fingerprint density at radius 3 is 2.95 bits per heavy atom. The van der Waals surface area contributed by atoms with Gasteiger partial charge in [-0.05, 0) is 35.9 Å². The third kappa shape index (κ3) is 3.64. The second-order valence-electron chi connectivity index (χ2n) is 5.57. The molecule has 1 aliphatic carbocycles. The molecule has 1 fully saturated rings. The summed E-state index contributed by atoms with van der Waals surface area (Å²) in [4.78, 5) is 15.3. The van der Waals surface area contributed by atoms with Crippen LogP contribution in [0.1, 0.15) is 28.8 Å². The van der Waals surface area contributed by atoms with E-state index in [0.717, 1.165) is 28.8 Å². The van der Waals surface area contributed by atoms with E-state index in [-0.39, 0.29) is 12.5 Å². The predicted octanol–water partition coefficient (Wildman–Crippen LogP) is 2.18. The van der Waals surface area contributed by atoms with Crippen LogP contribution in [0.2, 0.25) is 0 Å². The lowest BCUT2D eigenvalue weighted by atomic mass is 10.3. The maximum absolute atomic E-state index is 12.5. The summed E-state index contributed by atoms with van der Waals surface area (Å²) in [7, 11) is 1.88. The average Bonchev–Trinajstić information content (AvgIpc) is 3.10. The summed E-state index contributed by atoms with van der Waals surface area (Å²) in [5, 5.41) is 15.1. The van der Waals surface area contributed by atoms with Gasteiger partial charge in [-0.1, -0.05) is 0 Å². The number of thiophene rings is 1. The third-order valence-corrected chi connectivity index (χ3v) is 4.58. The molecule has 6 heteroatoms. The second kappa shape index (κ2) is 6.46. The smallest absolute Gasteiger partial charge is 0.247 e. The van der Waals surface area contributed by atoms with Crippen molar-refractivity contribution in [2.75, 3.05) is 0 Å². The molecule has 0 saturated heterocycles. The van der Waals surface area contributed by atoms with E-state index >= 15 is 0 Å². The van der Waals surface area contributed by atoms with Crippen LogP contribution in [0.5, 0.6) is 0 Å². The minimum atomic E-state index is 0.0327. The molecule has 0 aromatic carbocycles. The molecular weight excluding hydrogens is 298 g/mol. The number of nitrogens with zero attached hydrogens (tertiary/aromatic N) is 3. The standard InChI is InChI=1S/C16H19N3O2S/c1-18-8-13(7-17-18)9-19(14-2-3-14)16(21)5-4-15-6-12(10-20)11-22-15/h4-8,11,14,20H,2-3,9-10H2,1H3/b5-4+. The molecule has 2 aromatic heterocycles. The Morgan fingerprint density at radius 2 is 2.36 bits per heavy atom. The van der Waals surface area contributed by atoms with Gasteiger partial charge in [-0.15, -0.1) is 11.3 Å². The zero-order valence-electron chi connectivity index (χ0n) is 12.5. The molecule has 1 saturated carbocycles. The first kappa shape index (κ1) is 15.0. The van der Waals surface area contributed by atoms with Crippen molar-refractivity contribution in [3.63, 3.8) is 0 Å². The van der Waals surface area contributed by atoms with Crippen LogP contribution < -0.4 is 0 Å². The van der Waals surface area contributed by atoms with Gasteiger partial charge in [-0.3, -0.25) is 9.48 Å². The molecule has 1 N–H and O–H groups in total. The van der Waals surface area contributed by atoms with Crippen molar-refractivity contribution in [2.45, 2.75) is 32.0 Å². The minimum Gasteiger partial charge on any atom is -0.392 e. The zero-order valence-corrected chi connectivity index (χ0v) is 13.3. The first-order valence-electron chi connectivity index (χ1n) is 7.30. The molecule has 0 bridgehead atoms. The maximum Gasteiger partial charge on any atom is 0.247 e. The molecule has 0 unspecified atom stereocenters. The number of carbonyl (C=O) groups is 1. The van der Waals surface area contributed by atoms with E-state index in [1.54, 1.807) is 17.0 Å². The predicted molar refractivity (Wildman–Crippen MR) is 86.1 cm³/mol. The van der Waals surface area contributed by atoms with E-state index in [9.17, 15) is 4.79 Å². The number of amides is 1. The minimum absolute atomic E-state index is 0.0327. The Bertz CT molecular complexity index is 685. The molecular formula is C16H19N3O2S. The number of hydrogen-bond donors (Lipinski definition) is 1. The van der Waals surface area contributed by atoms with Crippen molar-refractivity contribution >= 4 is 23.3 Å². The van der Waals surface area contributed by atoms with Crippen molar-refractivity contribution in [1.82, 2.24) is 14.7 Å². The molecule has 1 aliphatic rings. The molecule has 22 heavy (non-hydrogen) atoms. The first-order chi connectivity index (χ1) is 10.7. The molecule has 0 atom stereocenters. The van der Waals surface area contributed by atoms with E-state index in [0.29, 0.717) is 12.6 Å². The fraction of sp³-hybridized carbons (Fsp3) is 0.375. The maximum atomic E-state index is 12.5. The Hall–Kier alpha value is -1.92. The molecule has 0 aliphatic heterocycles. The van der Waals surface area contributed by atoms with Gasteiger partial charge < -0.3 is 10.0 Å². The number of aromatic nitrogens is 2. The van der Waals surface area contributed by atoms with Crippen LogP contribution >= 0.6 is 11.3 Å². The Balaban J connectivity index is 1.67. The molecule has 0 spiro atoms. The van der Waals surface area contributed by atoms with Crippen molar-refractivity contribution in [1.29, 1.82) is 0 Å². The summed E-state index contributed by atoms with van der Waals surface area (Å²) in [6, 6.07) is 2.26. The summed E-state index contributed by atoms with van der Waals surface area (Å²) in [6.45, 7) is 0.640. The van der Waals surface area contributed by atoms with Gasteiger partial charge in [-0.25, -0.2) is 0 Å². The van der Waals surface area contributed by atoms with Gasteiger partial charge in [0.25, 0.3) is 0 Å². The average molecular weight is 317 g/mol. The topological polar surface area (TPSA) is 58.4 Å². The number of carbonyl (C=O) groups excluding carboxylic acids is 1. The van der Waals surface area contributed by atoms with Gasteiger partial charge in [0.05, 0.1) is 12.8 Å². The van der Waals surface area contributed by atoms with Crippen LogP contribution in [0.3, 0.4) is 0 Å². The van der Waals surface area contributed by atoms with Crippen molar-refractivity contribution in [3.8, 4) is 0 Å². The van der Waals surface area contributed by atoms with Crippen LogP contribution in [0, 0.1) is 0 Å². The largest absolute Gasteiger partial charge is 0.392 e. The van der Waals surface area contributed by atoms with E-state index < -0.39 is 0 Å². The number of rotatable bonds is 6. The van der Waals surface area contributed by atoms with Gasteiger partial charge in [0.1, 0.15) is 0 Å². The van der Waals surface area contributed by atoms with Gasteiger partial charge in [0.2, 0.25) is 5.91 Å². The van der Waals surface area contributed by atoms with Crippen LogP contribution in [0.25, 0.3) is 6.08 Å². The number of aliphatic hydroxyl groups excluding tert-OH is 1. The summed E-state index contributed by atoms with van der Waals surface area (Å²) < 4.78 is 1.75. The van der Waals surface area contributed by atoms with E-state index in [2.05, 4.69) is 5.10 Å². The number of hydrogen-bond acceptors (Lipinski definition) is 4.